The SMILES string of the molecule is COC(=O)CC(=O)SCCCCCCc1ccncc1. The molecule has 0 fully saturated rings. The first-order chi connectivity index (χ1) is 9.72. The van der Waals surface area contributed by atoms with E-state index in [1.165, 1.54) is 24.4 Å². The van der Waals surface area contributed by atoms with Gasteiger partial charge in [-0.25, -0.2) is 0 Å². The molecule has 1 rings (SSSR count). The van der Waals surface area contributed by atoms with Gasteiger partial charge in [-0.3, -0.25) is 14.6 Å². The first kappa shape index (κ1) is 16.7. The molecule has 1 aromatic rings. The van der Waals surface area contributed by atoms with E-state index in [-0.39, 0.29) is 11.5 Å². The Balaban J connectivity index is 1.95. The van der Waals surface area contributed by atoms with Crippen molar-refractivity contribution in [2.45, 2.75) is 38.5 Å². The fourth-order valence-corrected chi connectivity index (χ4v) is 2.56. The van der Waals surface area contributed by atoms with Gasteiger partial charge in [-0.15, -0.1) is 0 Å². The van der Waals surface area contributed by atoms with E-state index < -0.39 is 5.97 Å². The Kier molecular flexibility index (Phi) is 8.71. The zero-order valence-electron chi connectivity index (χ0n) is 11.8. The highest BCUT2D eigenvalue weighted by Gasteiger charge is 2.09. The van der Waals surface area contributed by atoms with Crippen LogP contribution in [-0.2, 0) is 20.7 Å². The van der Waals surface area contributed by atoms with E-state index in [1.807, 2.05) is 24.5 Å². The zero-order valence-corrected chi connectivity index (χ0v) is 12.7. The normalized spacial score (nSPS) is 10.2. The van der Waals surface area contributed by atoms with E-state index in [4.69, 9.17) is 0 Å². The van der Waals surface area contributed by atoms with Crippen molar-refractivity contribution in [3.05, 3.63) is 30.1 Å². The van der Waals surface area contributed by atoms with Gasteiger partial charge < -0.3 is 4.74 Å². The van der Waals surface area contributed by atoms with Crippen LogP contribution in [0.25, 0.3) is 0 Å². The van der Waals surface area contributed by atoms with E-state index in [0.717, 1.165) is 37.9 Å². The number of carbonyl (C=O) groups excluding carboxylic acids is 2. The van der Waals surface area contributed by atoms with Gasteiger partial charge in [0.25, 0.3) is 0 Å². The molecule has 0 saturated heterocycles. The van der Waals surface area contributed by atoms with Gasteiger partial charge in [0.15, 0.2) is 5.12 Å². The molecule has 1 heterocycles. The summed E-state index contributed by atoms with van der Waals surface area (Å²) >= 11 is 1.23. The number of aryl methyl sites for hydroxylation is 1. The molecule has 4 nitrogen and oxygen atoms in total. The van der Waals surface area contributed by atoms with Gasteiger partial charge >= 0.3 is 5.97 Å². The number of carbonyl (C=O) groups is 2. The summed E-state index contributed by atoms with van der Waals surface area (Å²) in [6.07, 6.45) is 9.04. The van der Waals surface area contributed by atoms with Gasteiger partial charge in [-0.2, -0.15) is 0 Å². The maximum atomic E-state index is 11.3. The highest BCUT2D eigenvalue weighted by Crippen LogP contribution is 2.12. The molecule has 110 valence electrons. The number of hydrogen-bond acceptors (Lipinski definition) is 5. The number of pyridine rings is 1. The Morgan fingerprint density at radius 3 is 2.55 bits per heavy atom. The van der Waals surface area contributed by atoms with E-state index in [1.54, 1.807) is 0 Å². The third kappa shape index (κ3) is 7.94. The summed E-state index contributed by atoms with van der Waals surface area (Å²) in [6, 6.07) is 4.09. The molecule has 0 unspecified atom stereocenters. The Labute approximate surface area is 124 Å². The molecular formula is C15H21NO3S. The highest BCUT2D eigenvalue weighted by atomic mass is 32.2. The van der Waals surface area contributed by atoms with Crippen molar-refractivity contribution in [1.29, 1.82) is 0 Å². The zero-order chi connectivity index (χ0) is 14.6. The summed E-state index contributed by atoms with van der Waals surface area (Å²) in [5.41, 5.74) is 1.32. The molecule has 0 radical (unpaired) electrons. The number of ether oxygens (including phenoxy) is 1. The van der Waals surface area contributed by atoms with Gasteiger partial charge in [0.2, 0.25) is 0 Å². The molecule has 5 heteroatoms. The second kappa shape index (κ2) is 10.4. The highest BCUT2D eigenvalue weighted by molar-refractivity contribution is 8.13. The predicted octanol–water partition coefficient (Wildman–Crippen LogP) is 3.01. The molecule has 0 saturated carbocycles. The summed E-state index contributed by atoms with van der Waals surface area (Å²) in [4.78, 5) is 26.2. The summed E-state index contributed by atoms with van der Waals surface area (Å²) in [5, 5.41) is -0.103. The molecule has 0 N–H and O–H groups in total. The maximum Gasteiger partial charge on any atom is 0.313 e. The average molecular weight is 295 g/mol. The van der Waals surface area contributed by atoms with Gasteiger partial charge in [-0.1, -0.05) is 24.6 Å². The van der Waals surface area contributed by atoms with Gasteiger partial charge in [0.05, 0.1) is 7.11 Å². The molecule has 0 bridgehead atoms. The van der Waals surface area contributed by atoms with Crippen LogP contribution >= 0.6 is 11.8 Å². The first-order valence-electron chi connectivity index (χ1n) is 6.83. The number of nitrogens with zero attached hydrogens (tertiary/aromatic N) is 1. The molecular weight excluding hydrogens is 274 g/mol. The average Bonchev–Trinajstić information content (AvgIpc) is 2.47. The van der Waals surface area contributed by atoms with Crippen molar-refractivity contribution in [3.63, 3.8) is 0 Å². The molecule has 0 aliphatic heterocycles. The molecule has 20 heavy (non-hydrogen) atoms. The molecule has 0 atom stereocenters. The van der Waals surface area contributed by atoms with Crippen LogP contribution in [0.3, 0.4) is 0 Å². The third-order valence-corrected chi connectivity index (χ3v) is 3.85. The lowest BCUT2D eigenvalue weighted by Crippen LogP contribution is -2.06. The predicted molar refractivity (Wildman–Crippen MR) is 80.5 cm³/mol. The van der Waals surface area contributed by atoms with E-state index in [2.05, 4.69) is 9.72 Å². The van der Waals surface area contributed by atoms with Crippen LogP contribution in [0.15, 0.2) is 24.5 Å². The number of methoxy groups -OCH3 is 1. The number of aromatic nitrogens is 1. The van der Waals surface area contributed by atoms with Gasteiger partial charge in [0, 0.05) is 18.1 Å². The summed E-state index contributed by atoms with van der Waals surface area (Å²) < 4.78 is 4.44. The van der Waals surface area contributed by atoms with Crippen LogP contribution in [0.1, 0.15) is 37.7 Å². The Morgan fingerprint density at radius 2 is 1.85 bits per heavy atom. The molecule has 0 aliphatic carbocycles. The minimum Gasteiger partial charge on any atom is -0.469 e. The van der Waals surface area contributed by atoms with Crippen LogP contribution in [-0.4, -0.2) is 28.9 Å². The summed E-state index contributed by atoms with van der Waals surface area (Å²) in [5.74, 6) is 0.324. The maximum absolute atomic E-state index is 11.3. The van der Waals surface area contributed by atoms with Gasteiger partial charge in [0.1, 0.15) is 6.42 Å². The minimum atomic E-state index is -0.458. The lowest BCUT2D eigenvalue weighted by Gasteiger charge is -2.02. The van der Waals surface area contributed by atoms with Crippen molar-refractivity contribution in [2.75, 3.05) is 12.9 Å². The van der Waals surface area contributed by atoms with E-state index in [0.29, 0.717) is 0 Å². The topological polar surface area (TPSA) is 56.3 Å². The number of hydrogen-bond donors (Lipinski definition) is 0. The quantitative estimate of drug-likeness (QED) is 0.398. The number of rotatable bonds is 9. The minimum absolute atomic E-state index is 0.103. The van der Waals surface area contributed by atoms with Crippen LogP contribution in [0.5, 0.6) is 0 Å². The van der Waals surface area contributed by atoms with Crippen LogP contribution in [0.4, 0.5) is 0 Å². The van der Waals surface area contributed by atoms with E-state index >= 15 is 0 Å². The van der Waals surface area contributed by atoms with Crippen molar-refractivity contribution < 1.29 is 14.3 Å². The fourth-order valence-electron chi connectivity index (χ4n) is 1.76. The fraction of sp³-hybridized carbons (Fsp3) is 0.533. The standard InChI is InChI=1S/C15H21NO3S/c1-19-14(17)12-15(18)20-11-5-3-2-4-6-13-7-9-16-10-8-13/h7-10H,2-6,11-12H2,1H3. The second-order valence-corrected chi connectivity index (χ2v) is 5.65. The molecule has 0 aromatic carbocycles. The van der Waals surface area contributed by atoms with E-state index in [9.17, 15) is 9.59 Å². The second-order valence-electron chi connectivity index (χ2n) is 4.49. The van der Waals surface area contributed by atoms with Crippen molar-refractivity contribution >= 4 is 22.8 Å². The first-order valence-corrected chi connectivity index (χ1v) is 7.82. The number of unbranched alkanes of at least 4 members (excludes halogenated alkanes) is 3. The van der Waals surface area contributed by atoms with Gasteiger partial charge in [-0.05, 0) is 37.0 Å². The van der Waals surface area contributed by atoms with Crippen LogP contribution < -0.4 is 0 Å². The monoisotopic (exact) mass is 295 g/mol. The Bertz CT molecular complexity index is 409. The van der Waals surface area contributed by atoms with Crippen LogP contribution in [0, 0.1) is 0 Å². The molecule has 0 amide bonds. The van der Waals surface area contributed by atoms with Crippen LogP contribution in [0.2, 0.25) is 0 Å². The number of thioether (sulfide) groups is 1. The third-order valence-electron chi connectivity index (χ3n) is 2.89. The largest absolute Gasteiger partial charge is 0.469 e. The van der Waals surface area contributed by atoms with Crippen molar-refractivity contribution in [2.24, 2.45) is 0 Å². The lowest BCUT2D eigenvalue weighted by molar-refractivity contribution is -0.141. The molecule has 1 aromatic heterocycles. The van der Waals surface area contributed by atoms with Crippen molar-refractivity contribution in [3.8, 4) is 0 Å². The smallest absolute Gasteiger partial charge is 0.313 e. The Hall–Kier alpha value is -1.36. The summed E-state index contributed by atoms with van der Waals surface area (Å²) in [6.45, 7) is 0. The molecule has 0 aliphatic rings. The lowest BCUT2D eigenvalue weighted by atomic mass is 10.1. The van der Waals surface area contributed by atoms with Crippen molar-refractivity contribution in [1.82, 2.24) is 4.98 Å². The molecule has 0 spiro atoms. The number of esters is 1. The summed E-state index contributed by atoms with van der Waals surface area (Å²) in [7, 11) is 1.29. The Morgan fingerprint density at radius 1 is 1.15 bits per heavy atom.